The lowest BCUT2D eigenvalue weighted by Gasteiger charge is -2.19. The maximum Gasteiger partial charge on any atom is 0.230 e. The third-order valence-corrected chi connectivity index (χ3v) is 2.44. The summed E-state index contributed by atoms with van der Waals surface area (Å²) in [6.07, 6.45) is 1.21. The van der Waals surface area contributed by atoms with E-state index >= 15 is 0 Å². The van der Waals surface area contributed by atoms with E-state index in [4.69, 9.17) is 4.42 Å². The van der Waals surface area contributed by atoms with Gasteiger partial charge in [-0.15, -0.1) is 10.2 Å². The molecule has 0 aliphatic rings. The highest BCUT2D eigenvalue weighted by Crippen LogP contribution is 1.96. The molecule has 0 aromatic carbocycles. The minimum Gasteiger partial charge on any atom is -0.424 e. The van der Waals surface area contributed by atoms with Gasteiger partial charge >= 0.3 is 0 Å². The summed E-state index contributed by atoms with van der Waals surface area (Å²) < 4.78 is 5.27. The van der Waals surface area contributed by atoms with Crippen LogP contribution in [-0.2, 0) is 6.54 Å². The molecule has 92 valence electrons. The number of nitrogens with one attached hydrogen (secondary N) is 1. The van der Waals surface area contributed by atoms with Crippen LogP contribution in [-0.4, -0.2) is 41.3 Å². The van der Waals surface area contributed by atoms with E-state index < -0.39 is 0 Å². The fourth-order valence-electron chi connectivity index (χ4n) is 1.59. The standard InChI is InChI=1S/C11H22N4O/c1-4-7-15(5-2)8-6-12-9-11-14-13-10(3)16-11/h12H,4-9H2,1-3H3. The van der Waals surface area contributed by atoms with Crippen LogP contribution in [0.3, 0.4) is 0 Å². The molecule has 5 nitrogen and oxygen atoms in total. The normalized spacial score (nSPS) is 11.2. The maximum atomic E-state index is 5.27. The SMILES string of the molecule is CCCN(CC)CCNCc1nnc(C)o1. The van der Waals surface area contributed by atoms with Crippen LogP contribution in [0.5, 0.6) is 0 Å². The van der Waals surface area contributed by atoms with Gasteiger partial charge in [-0.3, -0.25) is 0 Å². The van der Waals surface area contributed by atoms with Gasteiger partial charge in [-0.2, -0.15) is 0 Å². The Bertz CT molecular complexity index is 287. The maximum absolute atomic E-state index is 5.27. The van der Waals surface area contributed by atoms with Gasteiger partial charge in [-0.1, -0.05) is 13.8 Å². The first-order chi connectivity index (χ1) is 7.76. The average molecular weight is 226 g/mol. The summed E-state index contributed by atoms with van der Waals surface area (Å²) in [6, 6.07) is 0. The molecule has 0 atom stereocenters. The van der Waals surface area contributed by atoms with Gasteiger partial charge < -0.3 is 14.6 Å². The second kappa shape index (κ2) is 7.35. The van der Waals surface area contributed by atoms with Crippen molar-refractivity contribution >= 4 is 0 Å². The van der Waals surface area contributed by atoms with Gasteiger partial charge in [0.25, 0.3) is 0 Å². The van der Waals surface area contributed by atoms with E-state index in [-0.39, 0.29) is 0 Å². The minimum atomic E-state index is 0.623. The monoisotopic (exact) mass is 226 g/mol. The van der Waals surface area contributed by atoms with Crippen molar-refractivity contribution in [2.75, 3.05) is 26.2 Å². The van der Waals surface area contributed by atoms with Crippen molar-refractivity contribution < 1.29 is 4.42 Å². The van der Waals surface area contributed by atoms with Crippen molar-refractivity contribution in [2.24, 2.45) is 0 Å². The summed E-state index contributed by atoms with van der Waals surface area (Å²) in [6.45, 7) is 11.1. The molecule has 1 aromatic heterocycles. The molecule has 1 N–H and O–H groups in total. The topological polar surface area (TPSA) is 54.2 Å². The number of likely N-dealkylation sites (N-methyl/N-ethyl adjacent to an activating group) is 1. The van der Waals surface area contributed by atoms with E-state index in [1.807, 2.05) is 0 Å². The number of hydrogen-bond donors (Lipinski definition) is 1. The molecule has 0 radical (unpaired) electrons. The molecule has 0 spiro atoms. The van der Waals surface area contributed by atoms with Crippen LogP contribution in [0.15, 0.2) is 4.42 Å². The zero-order chi connectivity index (χ0) is 11.8. The van der Waals surface area contributed by atoms with Gasteiger partial charge in [0.2, 0.25) is 11.8 Å². The van der Waals surface area contributed by atoms with Crippen molar-refractivity contribution in [2.45, 2.75) is 33.7 Å². The number of aromatic nitrogens is 2. The van der Waals surface area contributed by atoms with Gasteiger partial charge in [0.1, 0.15) is 0 Å². The van der Waals surface area contributed by atoms with Crippen molar-refractivity contribution in [1.82, 2.24) is 20.4 Å². The summed E-state index contributed by atoms with van der Waals surface area (Å²) >= 11 is 0. The highest BCUT2D eigenvalue weighted by Gasteiger charge is 2.02. The molecular weight excluding hydrogens is 204 g/mol. The molecule has 0 saturated carbocycles. The number of aryl methyl sites for hydroxylation is 1. The van der Waals surface area contributed by atoms with E-state index in [1.54, 1.807) is 6.92 Å². The first-order valence-electron chi connectivity index (χ1n) is 5.98. The lowest BCUT2D eigenvalue weighted by molar-refractivity contribution is 0.285. The van der Waals surface area contributed by atoms with Crippen molar-refractivity contribution in [1.29, 1.82) is 0 Å². The van der Waals surface area contributed by atoms with Gasteiger partial charge in [0.15, 0.2) is 0 Å². The Morgan fingerprint density at radius 1 is 1.25 bits per heavy atom. The molecule has 1 heterocycles. The Morgan fingerprint density at radius 3 is 2.62 bits per heavy atom. The van der Waals surface area contributed by atoms with E-state index in [0.29, 0.717) is 18.3 Å². The van der Waals surface area contributed by atoms with E-state index in [2.05, 4.69) is 34.3 Å². The first-order valence-corrected chi connectivity index (χ1v) is 5.98. The summed E-state index contributed by atoms with van der Waals surface area (Å²) in [7, 11) is 0. The van der Waals surface area contributed by atoms with Crippen LogP contribution in [0.25, 0.3) is 0 Å². The van der Waals surface area contributed by atoms with Gasteiger partial charge in [-0.25, -0.2) is 0 Å². The summed E-state index contributed by atoms with van der Waals surface area (Å²) in [4.78, 5) is 2.42. The average Bonchev–Trinajstić information content (AvgIpc) is 2.69. The van der Waals surface area contributed by atoms with Crippen LogP contribution in [0, 0.1) is 6.92 Å². The largest absolute Gasteiger partial charge is 0.424 e. The molecule has 5 heteroatoms. The lowest BCUT2D eigenvalue weighted by Crippen LogP contribution is -2.32. The van der Waals surface area contributed by atoms with E-state index in [0.717, 1.165) is 26.2 Å². The van der Waals surface area contributed by atoms with Crippen molar-refractivity contribution in [3.05, 3.63) is 11.8 Å². The third-order valence-electron chi connectivity index (χ3n) is 2.44. The number of rotatable bonds is 8. The zero-order valence-corrected chi connectivity index (χ0v) is 10.5. The molecule has 0 unspecified atom stereocenters. The molecule has 0 aliphatic carbocycles. The molecule has 0 fully saturated rings. The van der Waals surface area contributed by atoms with Crippen LogP contribution < -0.4 is 5.32 Å². The Hall–Kier alpha value is -0.940. The number of nitrogens with zero attached hydrogens (tertiary/aromatic N) is 3. The predicted molar refractivity (Wildman–Crippen MR) is 63.1 cm³/mol. The Kier molecular flexibility index (Phi) is 6.03. The Balaban J connectivity index is 2.11. The highest BCUT2D eigenvalue weighted by atomic mass is 16.4. The first kappa shape index (κ1) is 13.1. The fraction of sp³-hybridized carbons (Fsp3) is 0.818. The molecule has 0 amide bonds. The summed E-state index contributed by atoms with van der Waals surface area (Å²) in [5, 5.41) is 11.0. The minimum absolute atomic E-state index is 0.623. The molecular formula is C11H22N4O. The molecule has 1 rings (SSSR count). The third kappa shape index (κ3) is 4.72. The van der Waals surface area contributed by atoms with Crippen molar-refractivity contribution in [3.8, 4) is 0 Å². The summed E-state index contributed by atoms with van der Waals surface area (Å²) in [5.41, 5.74) is 0. The second-order valence-electron chi connectivity index (χ2n) is 3.83. The highest BCUT2D eigenvalue weighted by molar-refractivity contribution is 4.77. The molecule has 0 aliphatic heterocycles. The van der Waals surface area contributed by atoms with Crippen LogP contribution >= 0.6 is 0 Å². The molecule has 0 bridgehead atoms. The van der Waals surface area contributed by atoms with Gasteiger partial charge in [-0.05, 0) is 19.5 Å². The fourth-order valence-corrected chi connectivity index (χ4v) is 1.59. The molecule has 0 saturated heterocycles. The van der Waals surface area contributed by atoms with Gasteiger partial charge in [0.05, 0.1) is 6.54 Å². The quantitative estimate of drug-likeness (QED) is 0.675. The Morgan fingerprint density at radius 2 is 2.06 bits per heavy atom. The predicted octanol–water partition coefficient (Wildman–Crippen LogP) is 1.20. The van der Waals surface area contributed by atoms with Crippen molar-refractivity contribution in [3.63, 3.8) is 0 Å². The summed E-state index contributed by atoms with van der Waals surface area (Å²) in [5.74, 6) is 1.29. The van der Waals surface area contributed by atoms with Crippen LogP contribution in [0.1, 0.15) is 32.0 Å². The lowest BCUT2D eigenvalue weighted by atomic mass is 10.4. The zero-order valence-electron chi connectivity index (χ0n) is 10.5. The van der Waals surface area contributed by atoms with Crippen LogP contribution in [0.4, 0.5) is 0 Å². The van der Waals surface area contributed by atoms with E-state index in [1.165, 1.54) is 6.42 Å². The smallest absolute Gasteiger partial charge is 0.230 e. The molecule has 16 heavy (non-hydrogen) atoms. The van der Waals surface area contributed by atoms with E-state index in [9.17, 15) is 0 Å². The molecule has 1 aromatic rings. The van der Waals surface area contributed by atoms with Crippen LogP contribution in [0.2, 0.25) is 0 Å². The van der Waals surface area contributed by atoms with Gasteiger partial charge in [0, 0.05) is 20.0 Å². The number of hydrogen-bond acceptors (Lipinski definition) is 5. The second-order valence-corrected chi connectivity index (χ2v) is 3.83. The Labute approximate surface area is 97.2 Å².